The number of amides is 1. The van der Waals surface area contributed by atoms with Crippen LogP contribution in [0.15, 0.2) is 53.6 Å². The predicted molar refractivity (Wildman–Crippen MR) is 133 cm³/mol. The van der Waals surface area contributed by atoms with Crippen LogP contribution in [0.25, 0.3) is 11.3 Å². The largest absolute Gasteiger partial charge is 0.383 e. The molecule has 184 valence electrons. The Bertz CT molecular complexity index is 1410. The van der Waals surface area contributed by atoms with Gasteiger partial charge in [-0.05, 0) is 81.1 Å². The molecule has 1 aromatic carbocycles. The van der Waals surface area contributed by atoms with Crippen molar-refractivity contribution in [3.05, 3.63) is 65.6 Å². The van der Waals surface area contributed by atoms with Crippen molar-refractivity contribution in [3.63, 3.8) is 0 Å². The van der Waals surface area contributed by atoms with Crippen molar-refractivity contribution < 1.29 is 17.6 Å². The molecule has 3 N–H and O–H groups in total. The zero-order valence-electron chi connectivity index (χ0n) is 20.0. The molecule has 1 atom stereocenters. The number of nitrogens with zero attached hydrogens (tertiary/aromatic N) is 3. The SMILES string of the molecule is Cc1cc(-c2ccc(C(=O)NS(=O)(=O)c3cccnc3N)c(N3CCC(C)C3(C)C)n2)ccc1F. The number of rotatable bonds is 5. The molecule has 10 heteroatoms. The van der Waals surface area contributed by atoms with Gasteiger partial charge in [0.05, 0.1) is 11.3 Å². The summed E-state index contributed by atoms with van der Waals surface area (Å²) in [6, 6.07) is 10.6. The molecular formula is C25H28FN5O3S. The highest BCUT2D eigenvalue weighted by molar-refractivity contribution is 7.90. The van der Waals surface area contributed by atoms with Gasteiger partial charge in [0, 0.05) is 23.8 Å². The monoisotopic (exact) mass is 497 g/mol. The predicted octanol–water partition coefficient (Wildman–Crippen LogP) is 3.92. The Morgan fingerprint density at radius 1 is 1.23 bits per heavy atom. The van der Waals surface area contributed by atoms with Gasteiger partial charge in [-0.1, -0.05) is 6.92 Å². The van der Waals surface area contributed by atoms with E-state index in [1.807, 2.05) is 4.90 Å². The number of nitrogen functional groups attached to an aromatic ring is 1. The lowest BCUT2D eigenvalue weighted by Crippen LogP contribution is -2.43. The smallest absolute Gasteiger partial charge is 0.268 e. The number of halogens is 1. The zero-order chi connectivity index (χ0) is 25.5. The Hall–Kier alpha value is -3.53. The fourth-order valence-corrected chi connectivity index (χ4v) is 5.32. The van der Waals surface area contributed by atoms with Gasteiger partial charge < -0.3 is 10.6 Å². The van der Waals surface area contributed by atoms with E-state index in [1.54, 1.807) is 31.2 Å². The average Bonchev–Trinajstić information content (AvgIpc) is 3.07. The van der Waals surface area contributed by atoms with Gasteiger partial charge in [0.25, 0.3) is 15.9 Å². The first-order chi connectivity index (χ1) is 16.4. The highest BCUT2D eigenvalue weighted by atomic mass is 32.2. The Kier molecular flexibility index (Phi) is 6.27. The lowest BCUT2D eigenvalue weighted by Gasteiger charge is -2.36. The van der Waals surface area contributed by atoms with Crippen LogP contribution in [0.1, 0.15) is 43.1 Å². The van der Waals surface area contributed by atoms with E-state index in [0.29, 0.717) is 35.1 Å². The number of hydrogen-bond acceptors (Lipinski definition) is 7. The third kappa shape index (κ3) is 4.58. The van der Waals surface area contributed by atoms with E-state index >= 15 is 0 Å². The third-order valence-corrected chi connectivity index (χ3v) is 8.21. The molecule has 4 rings (SSSR count). The second-order valence-electron chi connectivity index (χ2n) is 9.35. The van der Waals surface area contributed by atoms with Crippen molar-refractivity contribution in [1.29, 1.82) is 0 Å². The van der Waals surface area contributed by atoms with Crippen LogP contribution in [0, 0.1) is 18.7 Å². The third-order valence-electron chi connectivity index (χ3n) is 6.83. The summed E-state index contributed by atoms with van der Waals surface area (Å²) in [5.74, 6) is -0.670. The van der Waals surface area contributed by atoms with Crippen molar-refractivity contribution in [2.45, 2.75) is 44.6 Å². The number of pyridine rings is 2. The summed E-state index contributed by atoms with van der Waals surface area (Å²) < 4.78 is 41.7. The lowest BCUT2D eigenvalue weighted by molar-refractivity contribution is 0.0981. The minimum atomic E-state index is -4.27. The second-order valence-corrected chi connectivity index (χ2v) is 11.0. The molecule has 1 aliphatic rings. The highest BCUT2D eigenvalue weighted by Gasteiger charge is 2.41. The standard InChI is InChI=1S/C25H28FN5O3S/c1-15-14-17(7-9-19(15)26)20-10-8-18(23(29-20)31-13-11-16(2)25(31,3)4)24(32)30-35(33,34)21-6-5-12-28-22(21)27/h5-10,12,14,16H,11,13H2,1-4H3,(H2,27,28)(H,30,32). The first kappa shape index (κ1) is 24.6. The molecule has 1 saturated heterocycles. The van der Waals surface area contributed by atoms with Crippen molar-refractivity contribution in [2.75, 3.05) is 17.2 Å². The van der Waals surface area contributed by atoms with Crippen molar-refractivity contribution in [3.8, 4) is 11.3 Å². The van der Waals surface area contributed by atoms with Gasteiger partial charge in [0.1, 0.15) is 22.3 Å². The van der Waals surface area contributed by atoms with Crippen LogP contribution in [0.3, 0.4) is 0 Å². The van der Waals surface area contributed by atoms with Crippen LogP contribution >= 0.6 is 0 Å². The average molecular weight is 498 g/mol. The zero-order valence-corrected chi connectivity index (χ0v) is 20.9. The quantitative estimate of drug-likeness (QED) is 0.548. The molecule has 0 spiro atoms. The second kappa shape index (κ2) is 8.92. The summed E-state index contributed by atoms with van der Waals surface area (Å²) in [6.07, 6.45) is 2.25. The number of benzene rings is 1. The van der Waals surface area contributed by atoms with Gasteiger partial charge in [0.2, 0.25) is 0 Å². The number of anilines is 2. The molecule has 0 aliphatic carbocycles. The van der Waals surface area contributed by atoms with E-state index in [-0.39, 0.29) is 27.6 Å². The van der Waals surface area contributed by atoms with Gasteiger partial charge in [0.15, 0.2) is 0 Å². The fourth-order valence-electron chi connectivity index (χ4n) is 4.27. The summed E-state index contributed by atoms with van der Waals surface area (Å²) in [7, 11) is -4.27. The Morgan fingerprint density at radius 2 is 1.97 bits per heavy atom. The topological polar surface area (TPSA) is 118 Å². The summed E-state index contributed by atoms with van der Waals surface area (Å²) >= 11 is 0. The van der Waals surface area contributed by atoms with Gasteiger partial charge in [-0.3, -0.25) is 4.79 Å². The van der Waals surface area contributed by atoms with E-state index in [0.717, 1.165) is 6.42 Å². The normalized spacial score (nSPS) is 17.4. The summed E-state index contributed by atoms with van der Waals surface area (Å²) in [5, 5.41) is 0. The molecule has 8 nitrogen and oxygen atoms in total. The summed E-state index contributed by atoms with van der Waals surface area (Å²) in [4.78, 5) is 23.6. The van der Waals surface area contributed by atoms with E-state index < -0.39 is 15.9 Å². The number of aryl methyl sites for hydroxylation is 1. The Labute approximate surface area is 204 Å². The van der Waals surface area contributed by atoms with E-state index in [4.69, 9.17) is 10.7 Å². The van der Waals surface area contributed by atoms with E-state index in [9.17, 15) is 17.6 Å². The number of sulfonamides is 1. The number of carbonyl (C=O) groups excluding carboxylic acids is 1. The van der Waals surface area contributed by atoms with Crippen LogP contribution in [0.2, 0.25) is 0 Å². The number of nitrogens with two attached hydrogens (primary N) is 1. The molecule has 0 saturated carbocycles. The summed E-state index contributed by atoms with van der Waals surface area (Å²) in [5.41, 5.74) is 7.22. The van der Waals surface area contributed by atoms with Crippen LogP contribution in [-0.4, -0.2) is 36.4 Å². The van der Waals surface area contributed by atoms with Crippen LogP contribution in [-0.2, 0) is 10.0 Å². The van der Waals surface area contributed by atoms with E-state index in [2.05, 4.69) is 30.5 Å². The van der Waals surface area contributed by atoms with Gasteiger partial charge in [-0.2, -0.15) is 0 Å². The fraction of sp³-hybridized carbons (Fsp3) is 0.320. The van der Waals surface area contributed by atoms with Crippen LogP contribution in [0.5, 0.6) is 0 Å². The molecule has 1 amide bonds. The number of carbonyl (C=O) groups is 1. The molecule has 1 aliphatic heterocycles. The maximum Gasteiger partial charge on any atom is 0.268 e. The minimum Gasteiger partial charge on any atom is -0.383 e. The van der Waals surface area contributed by atoms with Crippen molar-refractivity contribution in [2.24, 2.45) is 5.92 Å². The first-order valence-electron chi connectivity index (χ1n) is 11.2. The molecule has 1 fully saturated rings. The van der Waals surface area contributed by atoms with Gasteiger partial charge in [-0.25, -0.2) is 27.5 Å². The molecule has 2 aromatic heterocycles. The van der Waals surface area contributed by atoms with Crippen molar-refractivity contribution in [1.82, 2.24) is 14.7 Å². The molecule has 3 aromatic rings. The minimum absolute atomic E-state index is 0.112. The molecule has 1 unspecified atom stereocenters. The number of aromatic nitrogens is 2. The maximum absolute atomic E-state index is 13.8. The lowest BCUT2D eigenvalue weighted by atomic mass is 9.90. The van der Waals surface area contributed by atoms with Crippen LogP contribution < -0.4 is 15.4 Å². The highest BCUT2D eigenvalue weighted by Crippen LogP contribution is 2.39. The van der Waals surface area contributed by atoms with Crippen molar-refractivity contribution >= 4 is 27.6 Å². The van der Waals surface area contributed by atoms with E-state index in [1.165, 1.54) is 24.4 Å². The molecular weight excluding hydrogens is 469 g/mol. The molecule has 3 heterocycles. The van der Waals surface area contributed by atoms with Gasteiger partial charge >= 0.3 is 0 Å². The summed E-state index contributed by atoms with van der Waals surface area (Å²) in [6.45, 7) is 8.58. The van der Waals surface area contributed by atoms with Crippen LogP contribution in [0.4, 0.5) is 16.0 Å². The van der Waals surface area contributed by atoms with Gasteiger partial charge in [-0.15, -0.1) is 0 Å². The Balaban J connectivity index is 1.79. The maximum atomic E-state index is 13.8. The molecule has 0 radical (unpaired) electrons. The first-order valence-corrected chi connectivity index (χ1v) is 12.7. The molecule has 35 heavy (non-hydrogen) atoms. The number of hydrogen-bond donors (Lipinski definition) is 2. The number of nitrogens with one attached hydrogen (secondary N) is 1. The molecule has 0 bridgehead atoms. The Morgan fingerprint density at radius 3 is 2.60 bits per heavy atom.